The van der Waals surface area contributed by atoms with E-state index in [1.54, 1.807) is 0 Å². The molecule has 114 valence electrons. The molecule has 6 nitrogen and oxygen atoms in total. The summed E-state index contributed by atoms with van der Waals surface area (Å²) in [5, 5.41) is 10.5. The van der Waals surface area contributed by atoms with Gasteiger partial charge in [-0.3, -0.25) is 19.7 Å². The second kappa shape index (κ2) is 7.06. The van der Waals surface area contributed by atoms with E-state index in [1.165, 1.54) is 24.3 Å². The van der Waals surface area contributed by atoms with Crippen LogP contribution in [0.25, 0.3) is 0 Å². The van der Waals surface area contributed by atoms with Crippen LogP contribution in [0.3, 0.4) is 0 Å². The molecule has 0 N–H and O–H groups in total. The summed E-state index contributed by atoms with van der Waals surface area (Å²) in [6.45, 7) is 1.12. The fourth-order valence-electron chi connectivity index (χ4n) is 1.48. The van der Waals surface area contributed by atoms with Gasteiger partial charge in [0.05, 0.1) is 11.3 Å². The number of benzene rings is 1. The highest BCUT2D eigenvalue weighted by atomic mass is 35.6. The van der Waals surface area contributed by atoms with E-state index in [2.05, 4.69) is 0 Å². The number of ketones is 1. The van der Waals surface area contributed by atoms with Gasteiger partial charge in [-0.05, 0) is 12.1 Å². The molecular formula is C12H10Cl3NO5. The molecule has 21 heavy (non-hydrogen) atoms. The highest BCUT2D eigenvalue weighted by Gasteiger charge is 2.37. The van der Waals surface area contributed by atoms with Crippen molar-refractivity contribution in [2.24, 2.45) is 0 Å². The molecule has 0 saturated heterocycles. The van der Waals surface area contributed by atoms with Gasteiger partial charge in [-0.1, -0.05) is 34.8 Å². The number of hydrogen-bond acceptors (Lipinski definition) is 5. The molecule has 1 atom stereocenters. The van der Waals surface area contributed by atoms with Crippen LogP contribution >= 0.6 is 34.8 Å². The van der Waals surface area contributed by atoms with Crippen LogP contribution in [-0.2, 0) is 9.53 Å². The Morgan fingerprint density at radius 2 is 1.81 bits per heavy atom. The number of hydrogen-bond donors (Lipinski definition) is 0. The Morgan fingerprint density at radius 1 is 1.29 bits per heavy atom. The lowest BCUT2D eigenvalue weighted by Gasteiger charge is -2.23. The van der Waals surface area contributed by atoms with Gasteiger partial charge >= 0.3 is 5.97 Å². The number of Topliss-reactive ketones (excluding diaryl/α,β-unsaturated/α-hetero) is 1. The predicted octanol–water partition coefficient (Wildman–Crippen LogP) is 3.47. The van der Waals surface area contributed by atoms with Crippen LogP contribution in [0.5, 0.6) is 0 Å². The van der Waals surface area contributed by atoms with Crippen molar-refractivity contribution < 1.29 is 19.2 Å². The average Bonchev–Trinajstić information content (AvgIpc) is 2.36. The fraction of sp³-hybridized carbons (Fsp3) is 0.333. The van der Waals surface area contributed by atoms with E-state index in [0.717, 1.165) is 6.92 Å². The SMILES string of the molecule is CC(=O)O[C@H](CC(=O)c1ccc([N+](=O)[O-])cc1)C(Cl)(Cl)Cl. The Hall–Kier alpha value is -1.37. The molecule has 0 amide bonds. The van der Waals surface area contributed by atoms with E-state index in [4.69, 9.17) is 39.5 Å². The van der Waals surface area contributed by atoms with Crippen LogP contribution in [0.4, 0.5) is 5.69 Å². The Kier molecular flexibility index (Phi) is 5.95. The third-order valence-electron chi connectivity index (χ3n) is 2.44. The second-order valence-electron chi connectivity index (χ2n) is 4.07. The summed E-state index contributed by atoms with van der Waals surface area (Å²) in [6, 6.07) is 4.93. The first-order valence-electron chi connectivity index (χ1n) is 5.63. The predicted molar refractivity (Wildman–Crippen MR) is 77.9 cm³/mol. The van der Waals surface area contributed by atoms with E-state index in [9.17, 15) is 19.7 Å². The third kappa shape index (κ3) is 5.49. The molecule has 1 aromatic rings. The van der Waals surface area contributed by atoms with Gasteiger partial charge in [-0.2, -0.15) is 0 Å². The van der Waals surface area contributed by atoms with Crippen LogP contribution in [0, 0.1) is 10.1 Å². The number of alkyl halides is 3. The summed E-state index contributed by atoms with van der Waals surface area (Å²) in [7, 11) is 0. The normalized spacial score (nSPS) is 12.6. The summed E-state index contributed by atoms with van der Waals surface area (Å²) in [5.41, 5.74) is 0.0384. The maximum Gasteiger partial charge on any atom is 0.303 e. The maximum absolute atomic E-state index is 12.0. The lowest BCUT2D eigenvalue weighted by molar-refractivity contribution is -0.384. The number of rotatable bonds is 5. The molecule has 0 aliphatic carbocycles. The van der Waals surface area contributed by atoms with E-state index in [1.807, 2.05) is 0 Å². The van der Waals surface area contributed by atoms with Crippen molar-refractivity contribution in [1.29, 1.82) is 0 Å². The van der Waals surface area contributed by atoms with E-state index >= 15 is 0 Å². The quantitative estimate of drug-likeness (QED) is 0.266. The van der Waals surface area contributed by atoms with Gasteiger partial charge in [0.1, 0.15) is 0 Å². The lowest BCUT2D eigenvalue weighted by Crippen LogP contribution is -2.32. The van der Waals surface area contributed by atoms with Crippen LogP contribution in [0.1, 0.15) is 23.7 Å². The fourth-order valence-corrected chi connectivity index (χ4v) is 1.84. The lowest BCUT2D eigenvalue weighted by atomic mass is 10.1. The number of non-ortho nitro benzene ring substituents is 1. The van der Waals surface area contributed by atoms with Crippen molar-refractivity contribution in [2.45, 2.75) is 23.2 Å². The Bertz CT molecular complexity index is 553. The standard InChI is InChI=1S/C12H10Cl3NO5/c1-7(17)21-11(12(13,14)15)6-10(18)8-2-4-9(5-3-8)16(19)20/h2-5,11H,6H2,1H3/t11-/m1/s1. The van der Waals surface area contributed by atoms with Gasteiger partial charge in [0.2, 0.25) is 3.79 Å². The molecule has 0 spiro atoms. The number of esters is 1. The Morgan fingerprint density at radius 3 is 2.19 bits per heavy atom. The molecule has 0 fully saturated rings. The molecular weight excluding hydrogens is 344 g/mol. The van der Waals surface area contributed by atoms with Gasteiger partial charge in [0.25, 0.3) is 5.69 Å². The number of nitro groups is 1. The largest absolute Gasteiger partial charge is 0.458 e. The number of carbonyl (C=O) groups is 2. The van der Waals surface area contributed by atoms with Crippen LogP contribution in [0.2, 0.25) is 0 Å². The van der Waals surface area contributed by atoms with Crippen molar-refractivity contribution >= 4 is 52.2 Å². The molecule has 0 aromatic heterocycles. The Balaban J connectivity index is 2.86. The third-order valence-corrected chi connectivity index (χ3v) is 3.17. The summed E-state index contributed by atoms with van der Waals surface area (Å²) in [6.07, 6.45) is -1.60. The molecule has 1 rings (SSSR count). The van der Waals surface area contributed by atoms with Crippen LogP contribution in [0.15, 0.2) is 24.3 Å². The van der Waals surface area contributed by atoms with Crippen molar-refractivity contribution in [2.75, 3.05) is 0 Å². The smallest absolute Gasteiger partial charge is 0.303 e. The van der Waals surface area contributed by atoms with Crippen LogP contribution in [-0.4, -0.2) is 26.6 Å². The van der Waals surface area contributed by atoms with E-state index < -0.39 is 26.6 Å². The molecule has 1 aromatic carbocycles. The van der Waals surface area contributed by atoms with Gasteiger partial charge < -0.3 is 4.74 Å². The first-order chi connectivity index (χ1) is 9.61. The van der Waals surface area contributed by atoms with Gasteiger partial charge in [-0.25, -0.2) is 0 Å². The average molecular weight is 355 g/mol. The number of carbonyl (C=O) groups excluding carboxylic acids is 2. The summed E-state index contributed by atoms with van der Waals surface area (Å²) < 4.78 is 2.85. The molecule has 0 radical (unpaired) electrons. The van der Waals surface area contributed by atoms with Crippen molar-refractivity contribution in [3.63, 3.8) is 0 Å². The molecule has 9 heteroatoms. The zero-order valence-corrected chi connectivity index (χ0v) is 13.0. The molecule has 0 bridgehead atoms. The molecule has 0 heterocycles. The van der Waals surface area contributed by atoms with Crippen molar-refractivity contribution in [1.82, 2.24) is 0 Å². The Labute approximate surface area is 135 Å². The number of halogens is 3. The molecule has 0 saturated carbocycles. The second-order valence-corrected chi connectivity index (χ2v) is 6.44. The van der Waals surface area contributed by atoms with Gasteiger partial charge in [0, 0.05) is 24.6 Å². The first kappa shape index (κ1) is 17.7. The minimum absolute atomic E-state index is 0.149. The monoisotopic (exact) mass is 353 g/mol. The summed E-state index contributed by atoms with van der Waals surface area (Å²) in [4.78, 5) is 32.9. The highest BCUT2D eigenvalue weighted by molar-refractivity contribution is 6.68. The van der Waals surface area contributed by atoms with Gasteiger partial charge in [-0.15, -0.1) is 0 Å². The first-order valence-corrected chi connectivity index (χ1v) is 6.76. The highest BCUT2D eigenvalue weighted by Crippen LogP contribution is 2.34. The summed E-state index contributed by atoms with van der Waals surface area (Å²) in [5.74, 6) is -1.16. The van der Waals surface area contributed by atoms with Crippen LogP contribution < -0.4 is 0 Å². The minimum atomic E-state index is -1.96. The molecule has 0 aliphatic heterocycles. The van der Waals surface area contributed by atoms with Gasteiger partial charge in [0.15, 0.2) is 11.9 Å². The van der Waals surface area contributed by atoms with E-state index in [-0.39, 0.29) is 17.7 Å². The van der Waals surface area contributed by atoms with E-state index in [0.29, 0.717) is 0 Å². The molecule has 0 unspecified atom stereocenters. The zero-order valence-electron chi connectivity index (χ0n) is 10.7. The maximum atomic E-state index is 12.0. The van der Waals surface area contributed by atoms with Crippen molar-refractivity contribution in [3.8, 4) is 0 Å². The molecule has 0 aliphatic rings. The number of nitrogens with zero attached hydrogens (tertiary/aromatic N) is 1. The zero-order chi connectivity index (χ0) is 16.2. The topological polar surface area (TPSA) is 86.5 Å². The minimum Gasteiger partial charge on any atom is -0.458 e. The van der Waals surface area contributed by atoms with Crippen molar-refractivity contribution in [3.05, 3.63) is 39.9 Å². The summed E-state index contributed by atoms with van der Waals surface area (Å²) >= 11 is 17.0. The number of nitro benzene ring substituents is 1. The number of ether oxygens (including phenoxy) is 1.